The standard InChI is InChI=1S/C21H24N2O4/c1-14-9-15(2)11-17(10-14)21(26)22-13-19(24)23-18(12-20(25)27-3)16-7-5-4-6-8-16/h4-11,18H,12-13H2,1-3H3,(H,22,26)(H,23,24)/t18-/m0/s1. The average Bonchev–Trinajstić information content (AvgIpc) is 2.65. The van der Waals surface area contributed by atoms with Gasteiger partial charge in [-0.3, -0.25) is 14.4 Å². The van der Waals surface area contributed by atoms with Crippen LogP contribution in [0, 0.1) is 13.8 Å². The molecule has 0 saturated heterocycles. The molecule has 0 spiro atoms. The van der Waals surface area contributed by atoms with Gasteiger partial charge in [-0.1, -0.05) is 47.5 Å². The van der Waals surface area contributed by atoms with Crippen LogP contribution in [-0.2, 0) is 14.3 Å². The number of hydrogen-bond donors (Lipinski definition) is 2. The van der Waals surface area contributed by atoms with Crippen LogP contribution in [0.3, 0.4) is 0 Å². The Morgan fingerprint density at radius 3 is 2.22 bits per heavy atom. The van der Waals surface area contributed by atoms with E-state index < -0.39 is 12.0 Å². The van der Waals surface area contributed by atoms with Crippen LogP contribution in [0.2, 0.25) is 0 Å². The molecule has 0 aliphatic carbocycles. The number of aryl methyl sites for hydroxylation is 2. The van der Waals surface area contributed by atoms with Crippen molar-refractivity contribution >= 4 is 17.8 Å². The fraction of sp³-hybridized carbons (Fsp3) is 0.286. The third-order valence-corrected chi connectivity index (χ3v) is 4.03. The first kappa shape index (κ1) is 20.2. The van der Waals surface area contributed by atoms with Gasteiger partial charge in [0.25, 0.3) is 5.91 Å². The number of rotatable bonds is 7. The average molecular weight is 368 g/mol. The highest BCUT2D eigenvalue weighted by molar-refractivity contribution is 5.96. The summed E-state index contributed by atoms with van der Waals surface area (Å²) in [6.07, 6.45) is 0.0112. The normalized spacial score (nSPS) is 11.4. The van der Waals surface area contributed by atoms with Crippen molar-refractivity contribution in [2.24, 2.45) is 0 Å². The van der Waals surface area contributed by atoms with Gasteiger partial charge in [-0.15, -0.1) is 0 Å². The van der Waals surface area contributed by atoms with Gasteiger partial charge in [0, 0.05) is 5.56 Å². The van der Waals surface area contributed by atoms with Crippen molar-refractivity contribution < 1.29 is 19.1 Å². The highest BCUT2D eigenvalue weighted by Gasteiger charge is 2.19. The second-order valence-corrected chi connectivity index (χ2v) is 6.37. The number of benzene rings is 2. The van der Waals surface area contributed by atoms with Gasteiger partial charge in [0.05, 0.1) is 26.1 Å². The molecule has 0 saturated carbocycles. The molecule has 0 aromatic heterocycles. The van der Waals surface area contributed by atoms with Crippen molar-refractivity contribution in [3.8, 4) is 0 Å². The van der Waals surface area contributed by atoms with E-state index in [1.807, 2.05) is 50.2 Å². The lowest BCUT2D eigenvalue weighted by Gasteiger charge is -2.18. The zero-order chi connectivity index (χ0) is 19.8. The summed E-state index contributed by atoms with van der Waals surface area (Å²) < 4.78 is 4.70. The predicted molar refractivity (Wildman–Crippen MR) is 102 cm³/mol. The van der Waals surface area contributed by atoms with Crippen molar-refractivity contribution in [3.05, 3.63) is 70.8 Å². The van der Waals surface area contributed by atoms with Gasteiger partial charge in [0.1, 0.15) is 0 Å². The van der Waals surface area contributed by atoms with E-state index in [0.717, 1.165) is 16.7 Å². The lowest BCUT2D eigenvalue weighted by Crippen LogP contribution is -2.39. The van der Waals surface area contributed by atoms with Crippen LogP contribution in [0.5, 0.6) is 0 Å². The summed E-state index contributed by atoms with van der Waals surface area (Å²) in [6.45, 7) is 3.64. The molecule has 0 heterocycles. The van der Waals surface area contributed by atoms with Gasteiger partial charge in [0.2, 0.25) is 5.91 Å². The zero-order valence-electron chi connectivity index (χ0n) is 15.7. The number of amides is 2. The van der Waals surface area contributed by atoms with Gasteiger partial charge < -0.3 is 15.4 Å². The van der Waals surface area contributed by atoms with Crippen molar-refractivity contribution in [2.75, 3.05) is 13.7 Å². The van der Waals surface area contributed by atoms with Crippen LogP contribution in [0.4, 0.5) is 0 Å². The highest BCUT2D eigenvalue weighted by atomic mass is 16.5. The number of ether oxygens (including phenoxy) is 1. The summed E-state index contributed by atoms with van der Waals surface area (Å²) in [6, 6.07) is 14.1. The molecule has 2 N–H and O–H groups in total. The number of carbonyl (C=O) groups excluding carboxylic acids is 3. The summed E-state index contributed by atoms with van der Waals surface area (Å²) in [5.74, 6) is -1.13. The minimum absolute atomic E-state index is 0.0112. The van der Waals surface area contributed by atoms with Crippen molar-refractivity contribution in [2.45, 2.75) is 26.3 Å². The van der Waals surface area contributed by atoms with E-state index in [4.69, 9.17) is 4.74 Å². The Hall–Kier alpha value is -3.15. The third kappa shape index (κ3) is 6.26. The fourth-order valence-electron chi connectivity index (χ4n) is 2.80. The number of methoxy groups -OCH3 is 1. The molecule has 0 aliphatic heterocycles. The van der Waals surface area contributed by atoms with E-state index in [1.54, 1.807) is 12.1 Å². The molecule has 2 rings (SSSR count). The summed E-state index contributed by atoms with van der Waals surface area (Å²) in [5, 5.41) is 5.38. The van der Waals surface area contributed by atoms with Crippen LogP contribution in [0.15, 0.2) is 48.5 Å². The first-order valence-corrected chi connectivity index (χ1v) is 8.66. The Labute approximate surface area is 158 Å². The molecular weight excluding hydrogens is 344 g/mol. The van der Waals surface area contributed by atoms with Crippen LogP contribution in [0.25, 0.3) is 0 Å². The minimum Gasteiger partial charge on any atom is -0.469 e. The SMILES string of the molecule is COC(=O)C[C@H](NC(=O)CNC(=O)c1cc(C)cc(C)c1)c1ccccc1. The third-order valence-electron chi connectivity index (χ3n) is 4.03. The number of esters is 1. The highest BCUT2D eigenvalue weighted by Crippen LogP contribution is 2.17. The van der Waals surface area contributed by atoms with Gasteiger partial charge in [-0.2, -0.15) is 0 Å². The Kier molecular flexibility index (Phi) is 7.11. The van der Waals surface area contributed by atoms with Crippen LogP contribution in [0.1, 0.15) is 39.5 Å². The number of hydrogen-bond acceptors (Lipinski definition) is 4. The molecule has 0 fully saturated rings. The Morgan fingerprint density at radius 2 is 1.63 bits per heavy atom. The largest absolute Gasteiger partial charge is 0.469 e. The minimum atomic E-state index is -0.524. The molecule has 2 amide bonds. The quantitative estimate of drug-likeness (QED) is 0.735. The second-order valence-electron chi connectivity index (χ2n) is 6.37. The summed E-state index contributed by atoms with van der Waals surface area (Å²) >= 11 is 0. The van der Waals surface area contributed by atoms with E-state index in [1.165, 1.54) is 7.11 Å². The van der Waals surface area contributed by atoms with E-state index in [2.05, 4.69) is 10.6 Å². The molecule has 0 unspecified atom stereocenters. The molecule has 6 nitrogen and oxygen atoms in total. The van der Waals surface area contributed by atoms with Crippen molar-refractivity contribution in [1.29, 1.82) is 0 Å². The van der Waals surface area contributed by atoms with Crippen molar-refractivity contribution in [3.63, 3.8) is 0 Å². The Balaban J connectivity index is 1.98. The fourth-order valence-corrected chi connectivity index (χ4v) is 2.80. The molecule has 0 aliphatic rings. The first-order valence-electron chi connectivity index (χ1n) is 8.66. The Morgan fingerprint density at radius 1 is 1.00 bits per heavy atom. The van der Waals surface area contributed by atoms with Gasteiger partial charge in [-0.05, 0) is 31.5 Å². The summed E-state index contributed by atoms with van der Waals surface area (Å²) in [5.41, 5.74) is 3.25. The van der Waals surface area contributed by atoms with Crippen LogP contribution >= 0.6 is 0 Å². The lowest BCUT2D eigenvalue weighted by molar-refractivity contribution is -0.141. The van der Waals surface area contributed by atoms with Gasteiger partial charge >= 0.3 is 5.97 Å². The van der Waals surface area contributed by atoms with Gasteiger partial charge in [-0.25, -0.2) is 0 Å². The maximum Gasteiger partial charge on any atom is 0.307 e. The Bertz CT molecular complexity index is 798. The number of carbonyl (C=O) groups is 3. The zero-order valence-corrected chi connectivity index (χ0v) is 15.7. The maximum atomic E-state index is 12.3. The molecular formula is C21H24N2O4. The molecule has 0 bridgehead atoms. The van der Waals surface area contributed by atoms with E-state index in [-0.39, 0.29) is 24.8 Å². The monoisotopic (exact) mass is 368 g/mol. The van der Waals surface area contributed by atoms with E-state index in [0.29, 0.717) is 5.56 Å². The molecule has 2 aromatic rings. The molecule has 6 heteroatoms. The smallest absolute Gasteiger partial charge is 0.307 e. The van der Waals surface area contributed by atoms with Gasteiger partial charge in [0.15, 0.2) is 0 Å². The molecule has 2 aromatic carbocycles. The molecule has 142 valence electrons. The second kappa shape index (κ2) is 9.52. The van der Waals surface area contributed by atoms with E-state index in [9.17, 15) is 14.4 Å². The summed E-state index contributed by atoms with van der Waals surface area (Å²) in [7, 11) is 1.30. The van der Waals surface area contributed by atoms with Crippen LogP contribution in [-0.4, -0.2) is 31.4 Å². The summed E-state index contributed by atoms with van der Waals surface area (Å²) in [4.78, 5) is 36.2. The topological polar surface area (TPSA) is 84.5 Å². The van der Waals surface area contributed by atoms with E-state index >= 15 is 0 Å². The molecule has 1 atom stereocenters. The van der Waals surface area contributed by atoms with Crippen LogP contribution < -0.4 is 10.6 Å². The molecule has 0 radical (unpaired) electrons. The first-order chi connectivity index (χ1) is 12.9. The lowest BCUT2D eigenvalue weighted by atomic mass is 10.0. The molecule has 27 heavy (non-hydrogen) atoms. The van der Waals surface area contributed by atoms with Crippen molar-refractivity contribution in [1.82, 2.24) is 10.6 Å². The maximum absolute atomic E-state index is 12.3. The number of nitrogens with one attached hydrogen (secondary N) is 2. The predicted octanol–water partition coefficient (Wildman–Crippen LogP) is 2.45.